The van der Waals surface area contributed by atoms with Gasteiger partial charge in [-0.1, -0.05) is 0 Å². The predicted octanol–water partition coefficient (Wildman–Crippen LogP) is 2.58. The lowest BCUT2D eigenvalue weighted by Gasteiger charge is -2.05. The Balaban J connectivity index is 2.26. The van der Waals surface area contributed by atoms with Gasteiger partial charge in [0.05, 0.1) is 18.1 Å². The number of aromatic nitrogens is 2. The maximum atomic E-state index is 11.6. The van der Waals surface area contributed by atoms with Crippen LogP contribution in [0.2, 0.25) is 0 Å². The average Bonchev–Trinajstić information content (AvgIpc) is 3.08. The minimum atomic E-state index is 0.0204. The zero-order valence-corrected chi connectivity index (χ0v) is 9.93. The molecule has 1 aliphatic carbocycles. The number of imidazole rings is 1. The Morgan fingerprint density at radius 2 is 2.24 bits per heavy atom. The molecule has 1 aliphatic rings. The van der Waals surface area contributed by atoms with Crippen LogP contribution in [0.5, 0.6) is 5.75 Å². The van der Waals surface area contributed by atoms with Crippen molar-refractivity contribution in [2.24, 2.45) is 0 Å². The standard InChI is InChI=1S/C13H14N2O2/c1-8(16)13-14-11-7-10(17-2)5-6-12(11)15(13)9-3-4-9/h5-7,9H,3-4H2,1-2H3. The fourth-order valence-corrected chi connectivity index (χ4v) is 2.16. The number of carbonyl (C=O) groups excluding carboxylic acids is 1. The molecule has 0 saturated heterocycles. The molecule has 1 heterocycles. The third-order valence-electron chi connectivity index (χ3n) is 3.12. The summed E-state index contributed by atoms with van der Waals surface area (Å²) in [5.74, 6) is 1.36. The fraction of sp³-hybridized carbons (Fsp3) is 0.385. The Morgan fingerprint density at radius 3 is 2.82 bits per heavy atom. The smallest absolute Gasteiger partial charge is 0.195 e. The zero-order valence-electron chi connectivity index (χ0n) is 9.93. The maximum Gasteiger partial charge on any atom is 0.195 e. The number of ether oxygens (including phenoxy) is 1. The summed E-state index contributed by atoms with van der Waals surface area (Å²) in [6.07, 6.45) is 2.27. The number of ketones is 1. The molecule has 17 heavy (non-hydrogen) atoms. The van der Waals surface area contributed by atoms with Crippen molar-refractivity contribution in [1.29, 1.82) is 0 Å². The van der Waals surface area contributed by atoms with Gasteiger partial charge in [0, 0.05) is 19.0 Å². The van der Waals surface area contributed by atoms with Crippen LogP contribution in [-0.2, 0) is 0 Å². The van der Waals surface area contributed by atoms with Gasteiger partial charge < -0.3 is 9.30 Å². The Hall–Kier alpha value is -1.84. The normalized spacial score (nSPS) is 15.2. The molecule has 4 heteroatoms. The van der Waals surface area contributed by atoms with Gasteiger partial charge in [-0.25, -0.2) is 4.98 Å². The summed E-state index contributed by atoms with van der Waals surface area (Å²) in [5.41, 5.74) is 1.86. The molecule has 1 aromatic carbocycles. The Labute approximate surface area is 99.2 Å². The van der Waals surface area contributed by atoms with Gasteiger partial charge in [-0.2, -0.15) is 0 Å². The van der Waals surface area contributed by atoms with Crippen LogP contribution < -0.4 is 4.74 Å². The highest BCUT2D eigenvalue weighted by molar-refractivity contribution is 5.95. The van der Waals surface area contributed by atoms with E-state index in [0.717, 1.165) is 29.6 Å². The summed E-state index contributed by atoms with van der Waals surface area (Å²) in [5, 5.41) is 0. The molecule has 0 atom stereocenters. The number of nitrogens with zero attached hydrogens (tertiary/aromatic N) is 2. The first-order valence-electron chi connectivity index (χ1n) is 5.77. The van der Waals surface area contributed by atoms with Crippen molar-refractivity contribution in [1.82, 2.24) is 9.55 Å². The van der Waals surface area contributed by atoms with Crippen molar-refractivity contribution in [3.05, 3.63) is 24.0 Å². The third-order valence-corrected chi connectivity index (χ3v) is 3.12. The number of benzene rings is 1. The molecule has 2 aromatic rings. The molecule has 0 amide bonds. The molecule has 0 unspecified atom stereocenters. The van der Waals surface area contributed by atoms with Crippen molar-refractivity contribution in [2.75, 3.05) is 7.11 Å². The van der Waals surface area contributed by atoms with Crippen LogP contribution in [0.3, 0.4) is 0 Å². The number of hydrogen-bond donors (Lipinski definition) is 0. The van der Waals surface area contributed by atoms with E-state index in [2.05, 4.69) is 9.55 Å². The first-order valence-corrected chi connectivity index (χ1v) is 5.77. The quantitative estimate of drug-likeness (QED) is 0.761. The SMILES string of the molecule is COc1ccc2c(c1)nc(C(C)=O)n2C1CC1. The van der Waals surface area contributed by atoms with Crippen molar-refractivity contribution in [3.8, 4) is 5.75 Å². The highest BCUT2D eigenvalue weighted by atomic mass is 16.5. The molecule has 88 valence electrons. The molecule has 0 aliphatic heterocycles. The van der Waals surface area contributed by atoms with E-state index in [0.29, 0.717) is 11.9 Å². The molecule has 3 rings (SSSR count). The van der Waals surface area contributed by atoms with Gasteiger partial charge in [0.2, 0.25) is 0 Å². The Bertz CT molecular complexity index is 597. The molecule has 1 saturated carbocycles. The highest BCUT2D eigenvalue weighted by Crippen LogP contribution is 2.39. The lowest BCUT2D eigenvalue weighted by Crippen LogP contribution is -2.05. The van der Waals surface area contributed by atoms with Crippen LogP contribution >= 0.6 is 0 Å². The second-order valence-corrected chi connectivity index (χ2v) is 4.45. The van der Waals surface area contributed by atoms with Crippen LogP contribution in [0.1, 0.15) is 36.4 Å². The minimum Gasteiger partial charge on any atom is -0.497 e. The lowest BCUT2D eigenvalue weighted by atomic mass is 10.3. The highest BCUT2D eigenvalue weighted by Gasteiger charge is 2.29. The van der Waals surface area contributed by atoms with Crippen LogP contribution in [-0.4, -0.2) is 22.4 Å². The molecule has 4 nitrogen and oxygen atoms in total. The van der Waals surface area contributed by atoms with E-state index in [1.165, 1.54) is 0 Å². The van der Waals surface area contributed by atoms with Gasteiger partial charge >= 0.3 is 0 Å². The lowest BCUT2D eigenvalue weighted by molar-refractivity contribution is 0.1000. The molecule has 0 bridgehead atoms. The first kappa shape index (κ1) is 10.3. The topological polar surface area (TPSA) is 44.1 Å². The van der Waals surface area contributed by atoms with Crippen LogP contribution in [0.25, 0.3) is 11.0 Å². The first-order chi connectivity index (χ1) is 8.20. The van der Waals surface area contributed by atoms with Gasteiger partial charge in [-0.05, 0) is 25.0 Å². The summed E-state index contributed by atoms with van der Waals surface area (Å²) in [6, 6.07) is 6.21. The number of hydrogen-bond acceptors (Lipinski definition) is 3. The van der Waals surface area contributed by atoms with E-state index in [9.17, 15) is 4.79 Å². The van der Waals surface area contributed by atoms with Gasteiger partial charge in [-0.3, -0.25) is 4.79 Å². The van der Waals surface area contributed by atoms with E-state index >= 15 is 0 Å². The van der Waals surface area contributed by atoms with Gasteiger partial charge in [0.25, 0.3) is 0 Å². The Morgan fingerprint density at radius 1 is 1.47 bits per heavy atom. The summed E-state index contributed by atoms with van der Waals surface area (Å²) in [6.45, 7) is 1.57. The summed E-state index contributed by atoms with van der Waals surface area (Å²) < 4.78 is 7.24. The maximum absolute atomic E-state index is 11.6. The van der Waals surface area contributed by atoms with Crippen LogP contribution in [0.4, 0.5) is 0 Å². The predicted molar refractivity (Wildman–Crippen MR) is 64.6 cm³/mol. The Kier molecular flexibility index (Phi) is 2.18. The van der Waals surface area contributed by atoms with E-state index in [-0.39, 0.29) is 5.78 Å². The molecule has 1 aromatic heterocycles. The third kappa shape index (κ3) is 1.60. The molecular weight excluding hydrogens is 216 g/mol. The largest absolute Gasteiger partial charge is 0.497 e. The molecule has 0 spiro atoms. The monoisotopic (exact) mass is 230 g/mol. The molecular formula is C13H14N2O2. The number of Topliss-reactive ketones (excluding diaryl/α,β-unsaturated/α-hetero) is 1. The molecule has 0 N–H and O–H groups in total. The molecule has 0 radical (unpaired) electrons. The van der Waals surface area contributed by atoms with E-state index in [1.54, 1.807) is 14.0 Å². The number of carbonyl (C=O) groups is 1. The fourth-order valence-electron chi connectivity index (χ4n) is 2.16. The molecule has 1 fully saturated rings. The minimum absolute atomic E-state index is 0.0204. The number of rotatable bonds is 3. The number of methoxy groups -OCH3 is 1. The van der Waals surface area contributed by atoms with Crippen molar-refractivity contribution >= 4 is 16.8 Å². The van der Waals surface area contributed by atoms with Crippen molar-refractivity contribution in [2.45, 2.75) is 25.8 Å². The summed E-state index contributed by atoms with van der Waals surface area (Å²) in [7, 11) is 1.63. The summed E-state index contributed by atoms with van der Waals surface area (Å²) >= 11 is 0. The van der Waals surface area contributed by atoms with Gasteiger partial charge in [-0.15, -0.1) is 0 Å². The summed E-state index contributed by atoms with van der Waals surface area (Å²) in [4.78, 5) is 16.0. The second kappa shape index (κ2) is 3.58. The van der Waals surface area contributed by atoms with E-state index < -0.39 is 0 Å². The van der Waals surface area contributed by atoms with Crippen molar-refractivity contribution in [3.63, 3.8) is 0 Å². The van der Waals surface area contributed by atoms with Gasteiger partial charge in [0.15, 0.2) is 11.6 Å². The average molecular weight is 230 g/mol. The van der Waals surface area contributed by atoms with Crippen molar-refractivity contribution < 1.29 is 9.53 Å². The number of fused-ring (bicyclic) bond motifs is 1. The van der Waals surface area contributed by atoms with E-state index in [4.69, 9.17) is 4.74 Å². The van der Waals surface area contributed by atoms with E-state index in [1.807, 2.05) is 18.2 Å². The second-order valence-electron chi connectivity index (χ2n) is 4.45. The van der Waals surface area contributed by atoms with Crippen LogP contribution in [0.15, 0.2) is 18.2 Å². The zero-order chi connectivity index (χ0) is 12.0. The van der Waals surface area contributed by atoms with Crippen LogP contribution in [0, 0.1) is 0 Å². The van der Waals surface area contributed by atoms with Gasteiger partial charge in [0.1, 0.15) is 5.75 Å².